The molecule has 2 saturated carbocycles. The summed E-state index contributed by atoms with van der Waals surface area (Å²) in [6.07, 6.45) is 12.1. The van der Waals surface area contributed by atoms with Crippen LogP contribution in [0.2, 0.25) is 0 Å². The van der Waals surface area contributed by atoms with Gasteiger partial charge in [0, 0.05) is 0 Å². The Morgan fingerprint density at radius 3 is 1.25 bits per heavy atom. The summed E-state index contributed by atoms with van der Waals surface area (Å²) < 4.78 is 0. The Labute approximate surface area is 128 Å². The van der Waals surface area contributed by atoms with Crippen molar-refractivity contribution in [2.24, 2.45) is 34.5 Å². The van der Waals surface area contributed by atoms with Crippen molar-refractivity contribution in [3.63, 3.8) is 0 Å². The molecule has 0 bridgehead atoms. The standard InChI is InChI=1S/C20H38/c1-19(2,3)13-15-7-9-18-12-16(14-20(4,5)6)8-10-17(18)11-15/h15-18H,7-14H2,1-6H3. The molecule has 118 valence electrons. The van der Waals surface area contributed by atoms with Crippen LogP contribution in [0.1, 0.15) is 92.9 Å². The number of rotatable bonds is 2. The maximum atomic E-state index is 2.42. The lowest BCUT2D eigenvalue weighted by molar-refractivity contribution is 0.0691. The van der Waals surface area contributed by atoms with Crippen molar-refractivity contribution in [2.45, 2.75) is 92.9 Å². The van der Waals surface area contributed by atoms with E-state index in [0.29, 0.717) is 10.8 Å². The summed E-state index contributed by atoms with van der Waals surface area (Å²) in [6.45, 7) is 14.5. The summed E-state index contributed by atoms with van der Waals surface area (Å²) in [4.78, 5) is 0. The molecule has 2 fully saturated rings. The molecule has 4 unspecified atom stereocenters. The summed E-state index contributed by atoms with van der Waals surface area (Å²) in [6, 6.07) is 0. The van der Waals surface area contributed by atoms with Crippen molar-refractivity contribution in [3.05, 3.63) is 0 Å². The van der Waals surface area contributed by atoms with Crippen LogP contribution in [-0.2, 0) is 0 Å². The van der Waals surface area contributed by atoms with Crippen LogP contribution in [0.4, 0.5) is 0 Å². The Balaban J connectivity index is 1.83. The molecular weight excluding hydrogens is 240 g/mol. The molecule has 20 heavy (non-hydrogen) atoms. The Bertz CT molecular complexity index is 269. The van der Waals surface area contributed by atoms with Gasteiger partial charge in [0.05, 0.1) is 0 Å². The predicted octanol–water partition coefficient (Wildman–Crippen LogP) is 6.69. The molecule has 0 aliphatic heterocycles. The van der Waals surface area contributed by atoms with E-state index in [0.717, 1.165) is 23.7 Å². The highest BCUT2D eigenvalue weighted by Crippen LogP contribution is 2.48. The number of fused-ring (bicyclic) bond motifs is 1. The Morgan fingerprint density at radius 2 is 0.950 bits per heavy atom. The molecule has 2 rings (SSSR count). The molecule has 0 spiro atoms. The van der Waals surface area contributed by atoms with Gasteiger partial charge in [-0.3, -0.25) is 0 Å². The first-order chi connectivity index (χ1) is 9.12. The van der Waals surface area contributed by atoms with E-state index >= 15 is 0 Å². The van der Waals surface area contributed by atoms with Crippen molar-refractivity contribution < 1.29 is 0 Å². The number of hydrogen-bond donors (Lipinski definition) is 0. The van der Waals surface area contributed by atoms with Gasteiger partial charge in [-0.1, -0.05) is 54.4 Å². The molecule has 0 heterocycles. The normalized spacial score (nSPS) is 35.7. The van der Waals surface area contributed by atoms with Gasteiger partial charge in [0.2, 0.25) is 0 Å². The van der Waals surface area contributed by atoms with E-state index in [4.69, 9.17) is 0 Å². The molecular formula is C20H38. The average molecular weight is 279 g/mol. The van der Waals surface area contributed by atoms with E-state index in [1.54, 1.807) is 12.8 Å². The highest BCUT2D eigenvalue weighted by atomic mass is 14.4. The van der Waals surface area contributed by atoms with Gasteiger partial charge in [-0.15, -0.1) is 0 Å². The van der Waals surface area contributed by atoms with Gasteiger partial charge in [0.15, 0.2) is 0 Å². The molecule has 2 aliphatic carbocycles. The lowest BCUT2D eigenvalue weighted by Gasteiger charge is -2.44. The van der Waals surface area contributed by atoms with Crippen LogP contribution in [-0.4, -0.2) is 0 Å². The lowest BCUT2D eigenvalue weighted by atomic mass is 9.61. The first-order valence-electron chi connectivity index (χ1n) is 9.12. The van der Waals surface area contributed by atoms with Crippen molar-refractivity contribution >= 4 is 0 Å². The van der Waals surface area contributed by atoms with Crippen LogP contribution in [0.15, 0.2) is 0 Å². The van der Waals surface area contributed by atoms with Crippen LogP contribution in [0.5, 0.6) is 0 Å². The van der Waals surface area contributed by atoms with Crippen LogP contribution in [0.25, 0.3) is 0 Å². The molecule has 0 radical (unpaired) electrons. The van der Waals surface area contributed by atoms with E-state index in [9.17, 15) is 0 Å². The largest absolute Gasteiger partial charge is 0.0602 e. The predicted molar refractivity (Wildman–Crippen MR) is 89.8 cm³/mol. The van der Waals surface area contributed by atoms with Crippen molar-refractivity contribution in [2.75, 3.05) is 0 Å². The molecule has 0 aromatic rings. The third kappa shape index (κ3) is 5.08. The summed E-state index contributed by atoms with van der Waals surface area (Å²) in [5.74, 6) is 4.20. The van der Waals surface area contributed by atoms with Gasteiger partial charge in [0.1, 0.15) is 0 Å². The fraction of sp³-hybridized carbons (Fsp3) is 1.00. The summed E-state index contributed by atoms with van der Waals surface area (Å²) in [5, 5.41) is 0. The van der Waals surface area contributed by atoms with Gasteiger partial charge in [0.25, 0.3) is 0 Å². The molecule has 0 N–H and O–H groups in total. The van der Waals surface area contributed by atoms with E-state index in [-0.39, 0.29) is 0 Å². The van der Waals surface area contributed by atoms with Gasteiger partial charge in [-0.2, -0.15) is 0 Å². The fourth-order valence-corrected chi connectivity index (χ4v) is 5.19. The van der Waals surface area contributed by atoms with E-state index in [1.165, 1.54) is 38.5 Å². The second-order valence-electron chi connectivity index (χ2n) is 10.4. The highest BCUT2D eigenvalue weighted by Gasteiger charge is 2.37. The second kappa shape index (κ2) is 6.01. The van der Waals surface area contributed by atoms with Crippen molar-refractivity contribution in [1.82, 2.24) is 0 Å². The minimum Gasteiger partial charge on any atom is -0.0602 e. The van der Waals surface area contributed by atoms with Crippen molar-refractivity contribution in [1.29, 1.82) is 0 Å². The lowest BCUT2D eigenvalue weighted by Crippen LogP contribution is -2.33. The minimum absolute atomic E-state index is 0.529. The SMILES string of the molecule is CC(C)(C)CC1CCC2CC(CC(C)(C)C)CCC2C1. The first kappa shape index (κ1) is 16.4. The Hall–Kier alpha value is 0. The Kier molecular flexibility index (Phi) is 4.92. The molecule has 0 nitrogen and oxygen atoms in total. The van der Waals surface area contributed by atoms with Gasteiger partial charge in [-0.25, -0.2) is 0 Å². The molecule has 0 aromatic heterocycles. The van der Waals surface area contributed by atoms with Gasteiger partial charge >= 0.3 is 0 Å². The van der Waals surface area contributed by atoms with Crippen LogP contribution < -0.4 is 0 Å². The maximum absolute atomic E-state index is 2.42. The first-order valence-corrected chi connectivity index (χ1v) is 9.12. The van der Waals surface area contributed by atoms with Crippen LogP contribution >= 0.6 is 0 Å². The van der Waals surface area contributed by atoms with E-state index < -0.39 is 0 Å². The zero-order chi connectivity index (χ0) is 15.0. The molecule has 0 amide bonds. The number of hydrogen-bond acceptors (Lipinski definition) is 0. The summed E-state index contributed by atoms with van der Waals surface area (Å²) in [7, 11) is 0. The monoisotopic (exact) mass is 278 g/mol. The smallest absolute Gasteiger partial charge is 0.0380 e. The fourth-order valence-electron chi connectivity index (χ4n) is 5.19. The topological polar surface area (TPSA) is 0 Å². The van der Waals surface area contributed by atoms with E-state index in [2.05, 4.69) is 41.5 Å². The molecule has 0 saturated heterocycles. The molecule has 2 aliphatic rings. The van der Waals surface area contributed by atoms with Gasteiger partial charge < -0.3 is 0 Å². The van der Waals surface area contributed by atoms with E-state index in [1.807, 2.05) is 0 Å². The molecule has 0 heteroatoms. The summed E-state index contributed by atoms with van der Waals surface area (Å²) in [5.41, 5.74) is 1.06. The van der Waals surface area contributed by atoms with Crippen LogP contribution in [0, 0.1) is 34.5 Å². The molecule has 4 atom stereocenters. The zero-order valence-corrected chi connectivity index (χ0v) is 15.0. The highest BCUT2D eigenvalue weighted by molar-refractivity contribution is 4.88. The summed E-state index contributed by atoms with van der Waals surface area (Å²) >= 11 is 0. The average Bonchev–Trinajstić information content (AvgIpc) is 2.25. The van der Waals surface area contributed by atoms with Crippen LogP contribution in [0.3, 0.4) is 0 Å². The third-order valence-corrected chi connectivity index (χ3v) is 5.63. The minimum atomic E-state index is 0.529. The maximum Gasteiger partial charge on any atom is -0.0380 e. The quantitative estimate of drug-likeness (QED) is 0.527. The third-order valence-electron chi connectivity index (χ3n) is 5.63. The Morgan fingerprint density at radius 1 is 0.600 bits per heavy atom. The molecule has 0 aromatic carbocycles. The second-order valence-corrected chi connectivity index (χ2v) is 10.4. The zero-order valence-electron chi connectivity index (χ0n) is 15.0. The van der Waals surface area contributed by atoms with Crippen molar-refractivity contribution in [3.8, 4) is 0 Å². The van der Waals surface area contributed by atoms with Gasteiger partial charge in [-0.05, 0) is 73.0 Å².